The molecular weight excluding hydrogens is 425 g/mol. The molecule has 0 unspecified atom stereocenters. The summed E-state index contributed by atoms with van der Waals surface area (Å²) in [6, 6.07) is 18.5. The number of anilines is 1. The van der Waals surface area contributed by atoms with Gasteiger partial charge < -0.3 is 10.2 Å². The molecule has 1 heterocycles. The van der Waals surface area contributed by atoms with Gasteiger partial charge in [0.05, 0.1) is 12.2 Å². The summed E-state index contributed by atoms with van der Waals surface area (Å²) in [6.45, 7) is 5.53. The molecule has 0 aromatic heterocycles. The maximum absolute atomic E-state index is 12.3. The predicted octanol–water partition coefficient (Wildman–Crippen LogP) is 3.09. The summed E-state index contributed by atoms with van der Waals surface area (Å²) in [5, 5.41) is 3.01. The first-order valence-electron chi connectivity index (χ1n) is 8.74. The number of carbonyl (C=O) groups is 1. The molecule has 0 atom stereocenters. The molecule has 132 valence electrons. The SMILES string of the molecule is O=C(CN1CCN(CCc2ccccc2)CC1)Nc1ccccc1I. The Morgan fingerprint density at radius 3 is 2.28 bits per heavy atom. The molecule has 1 amide bonds. The van der Waals surface area contributed by atoms with Gasteiger partial charge in [-0.1, -0.05) is 42.5 Å². The highest BCUT2D eigenvalue weighted by Crippen LogP contribution is 2.16. The number of nitrogens with zero attached hydrogens (tertiary/aromatic N) is 2. The second-order valence-corrected chi connectivity index (χ2v) is 7.54. The van der Waals surface area contributed by atoms with Crippen molar-refractivity contribution in [1.29, 1.82) is 0 Å². The van der Waals surface area contributed by atoms with Crippen molar-refractivity contribution in [3.63, 3.8) is 0 Å². The first-order valence-corrected chi connectivity index (χ1v) is 9.81. The van der Waals surface area contributed by atoms with Crippen molar-refractivity contribution >= 4 is 34.2 Å². The lowest BCUT2D eigenvalue weighted by Gasteiger charge is -2.34. The quantitative estimate of drug-likeness (QED) is 0.689. The van der Waals surface area contributed by atoms with E-state index in [1.54, 1.807) is 0 Å². The highest BCUT2D eigenvalue weighted by Gasteiger charge is 2.19. The number of carbonyl (C=O) groups excluding carboxylic acids is 1. The van der Waals surface area contributed by atoms with Crippen LogP contribution in [0.15, 0.2) is 54.6 Å². The van der Waals surface area contributed by atoms with Gasteiger partial charge in [-0.15, -0.1) is 0 Å². The normalized spacial score (nSPS) is 15.9. The molecule has 0 radical (unpaired) electrons. The summed E-state index contributed by atoms with van der Waals surface area (Å²) >= 11 is 2.25. The largest absolute Gasteiger partial charge is 0.324 e. The number of hydrogen-bond acceptors (Lipinski definition) is 3. The molecule has 2 aromatic rings. The van der Waals surface area contributed by atoms with Crippen molar-refractivity contribution in [2.45, 2.75) is 6.42 Å². The lowest BCUT2D eigenvalue weighted by molar-refractivity contribution is -0.117. The Morgan fingerprint density at radius 2 is 1.56 bits per heavy atom. The Labute approximate surface area is 163 Å². The standard InChI is InChI=1S/C20H24IN3O/c21-18-8-4-5-9-19(18)22-20(25)16-24-14-12-23(13-15-24)11-10-17-6-2-1-3-7-17/h1-9H,10-16H2,(H,22,25). The van der Waals surface area contributed by atoms with E-state index < -0.39 is 0 Å². The molecule has 0 saturated carbocycles. The number of nitrogens with one attached hydrogen (secondary N) is 1. The van der Waals surface area contributed by atoms with Crippen molar-refractivity contribution in [3.05, 3.63) is 63.7 Å². The Kier molecular flexibility index (Phi) is 6.84. The Morgan fingerprint density at radius 1 is 0.920 bits per heavy atom. The van der Waals surface area contributed by atoms with Crippen LogP contribution in [0, 0.1) is 3.57 Å². The molecule has 3 rings (SSSR count). The van der Waals surface area contributed by atoms with E-state index in [1.165, 1.54) is 5.56 Å². The fourth-order valence-electron chi connectivity index (χ4n) is 3.06. The lowest BCUT2D eigenvalue weighted by atomic mass is 10.1. The summed E-state index contributed by atoms with van der Waals surface area (Å²) in [6.07, 6.45) is 1.09. The van der Waals surface area contributed by atoms with E-state index in [9.17, 15) is 4.79 Å². The van der Waals surface area contributed by atoms with Crippen LogP contribution in [-0.2, 0) is 11.2 Å². The number of hydrogen-bond donors (Lipinski definition) is 1. The number of piperazine rings is 1. The van der Waals surface area contributed by atoms with Crippen molar-refractivity contribution in [1.82, 2.24) is 9.80 Å². The fraction of sp³-hybridized carbons (Fsp3) is 0.350. The van der Waals surface area contributed by atoms with E-state index in [4.69, 9.17) is 0 Å². The van der Waals surface area contributed by atoms with E-state index in [0.717, 1.165) is 48.4 Å². The molecule has 1 N–H and O–H groups in total. The second kappa shape index (κ2) is 9.31. The Balaban J connectivity index is 1.39. The molecule has 1 saturated heterocycles. The summed E-state index contributed by atoms with van der Waals surface area (Å²) in [7, 11) is 0. The van der Waals surface area contributed by atoms with Gasteiger partial charge in [0, 0.05) is 36.3 Å². The summed E-state index contributed by atoms with van der Waals surface area (Å²) < 4.78 is 1.07. The van der Waals surface area contributed by atoms with Crippen molar-refractivity contribution in [3.8, 4) is 0 Å². The van der Waals surface area contributed by atoms with Gasteiger partial charge in [-0.25, -0.2) is 0 Å². The topological polar surface area (TPSA) is 35.6 Å². The Bertz CT molecular complexity index is 684. The van der Waals surface area contributed by atoms with Crippen LogP contribution in [0.1, 0.15) is 5.56 Å². The van der Waals surface area contributed by atoms with Gasteiger partial charge in [-0.05, 0) is 46.7 Å². The van der Waals surface area contributed by atoms with Crippen LogP contribution in [0.4, 0.5) is 5.69 Å². The molecule has 5 heteroatoms. The zero-order chi connectivity index (χ0) is 17.5. The van der Waals surface area contributed by atoms with Crippen molar-refractivity contribution in [2.24, 2.45) is 0 Å². The third kappa shape index (κ3) is 5.80. The molecule has 1 aliphatic heterocycles. The van der Waals surface area contributed by atoms with Crippen LogP contribution >= 0.6 is 22.6 Å². The molecule has 4 nitrogen and oxygen atoms in total. The first kappa shape index (κ1) is 18.4. The van der Waals surface area contributed by atoms with E-state index in [2.05, 4.69) is 68.0 Å². The van der Waals surface area contributed by atoms with Gasteiger partial charge in [-0.3, -0.25) is 9.69 Å². The first-order chi connectivity index (χ1) is 12.2. The van der Waals surface area contributed by atoms with Crippen LogP contribution in [0.2, 0.25) is 0 Å². The average molecular weight is 449 g/mol. The minimum absolute atomic E-state index is 0.0712. The number of benzene rings is 2. The monoisotopic (exact) mass is 449 g/mol. The minimum atomic E-state index is 0.0712. The van der Waals surface area contributed by atoms with Crippen LogP contribution < -0.4 is 5.32 Å². The van der Waals surface area contributed by atoms with Crippen molar-refractivity contribution < 1.29 is 4.79 Å². The van der Waals surface area contributed by atoms with Gasteiger partial charge in [0.1, 0.15) is 0 Å². The van der Waals surface area contributed by atoms with E-state index in [0.29, 0.717) is 6.54 Å². The van der Waals surface area contributed by atoms with Crippen LogP contribution in [0.3, 0.4) is 0 Å². The lowest BCUT2D eigenvalue weighted by Crippen LogP contribution is -2.49. The van der Waals surface area contributed by atoms with Gasteiger partial charge in [-0.2, -0.15) is 0 Å². The fourth-order valence-corrected chi connectivity index (χ4v) is 3.58. The smallest absolute Gasteiger partial charge is 0.238 e. The summed E-state index contributed by atoms with van der Waals surface area (Å²) in [5.74, 6) is 0.0712. The predicted molar refractivity (Wildman–Crippen MR) is 111 cm³/mol. The van der Waals surface area contributed by atoms with Gasteiger partial charge >= 0.3 is 0 Å². The molecule has 2 aromatic carbocycles. The maximum atomic E-state index is 12.3. The van der Waals surface area contributed by atoms with Crippen LogP contribution in [-0.4, -0.2) is 55.0 Å². The average Bonchev–Trinajstić information content (AvgIpc) is 2.64. The van der Waals surface area contributed by atoms with E-state index in [-0.39, 0.29) is 5.91 Å². The van der Waals surface area contributed by atoms with Crippen molar-refractivity contribution in [2.75, 3.05) is 44.6 Å². The number of para-hydroxylation sites is 1. The number of halogens is 1. The highest BCUT2D eigenvalue weighted by atomic mass is 127. The maximum Gasteiger partial charge on any atom is 0.238 e. The van der Waals surface area contributed by atoms with Gasteiger partial charge in [0.15, 0.2) is 0 Å². The van der Waals surface area contributed by atoms with Crippen LogP contribution in [0.25, 0.3) is 0 Å². The summed E-state index contributed by atoms with van der Waals surface area (Å²) in [5.41, 5.74) is 2.29. The Hall–Kier alpha value is -1.44. The minimum Gasteiger partial charge on any atom is -0.324 e. The highest BCUT2D eigenvalue weighted by molar-refractivity contribution is 14.1. The zero-order valence-electron chi connectivity index (χ0n) is 14.3. The molecule has 25 heavy (non-hydrogen) atoms. The van der Waals surface area contributed by atoms with Crippen LogP contribution in [0.5, 0.6) is 0 Å². The third-order valence-corrected chi connectivity index (χ3v) is 5.48. The van der Waals surface area contributed by atoms with E-state index >= 15 is 0 Å². The third-order valence-electron chi connectivity index (χ3n) is 4.54. The molecule has 0 bridgehead atoms. The molecule has 1 aliphatic rings. The zero-order valence-corrected chi connectivity index (χ0v) is 16.5. The summed E-state index contributed by atoms with van der Waals surface area (Å²) in [4.78, 5) is 17.0. The molecule has 1 fully saturated rings. The second-order valence-electron chi connectivity index (χ2n) is 6.38. The molecule has 0 aliphatic carbocycles. The van der Waals surface area contributed by atoms with Gasteiger partial charge in [0.2, 0.25) is 5.91 Å². The molecular formula is C20H24IN3O. The number of rotatable bonds is 6. The molecule has 0 spiro atoms. The number of amides is 1. The van der Waals surface area contributed by atoms with E-state index in [1.807, 2.05) is 24.3 Å². The van der Waals surface area contributed by atoms with Gasteiger partial charge in [0.25, 0.3) is 0 Å².